The van der Waals surface area contributed by atoms with Gasteiger partial charge in [0, 0.05) is 31.1 Å². The van der Waals surface area contributed by atoms with Crippen molar-refractivity contribution in [1.82, 2.24) is 14.9 Å². The van der Waals surface area contributed by atoms with Gasteiger partial charge in [-0.25, -0.2) is 9.97 Å². The highest BCUT2D eigenvalue weighted by atomic mass is 35.5. The predicted molar refractivity (Wildman–Crippen MR) is 82.3 cm³/mol. The van der Waals surface area contributed by atoms with E-state index in [0.29, 0.717) is 11.1 Å². The Morgan fingerprint density at radius 3 is 2.85 bits per heavy atom. The van der Waals surface area contributed by atoms with E-state index in [0.717, 1.165) is 30.1 Å². The van der Waals surface area contributed by atoms with Crippen molar-refractivity contribution in [2.45, 2.75) is 45.1 Å². The molecule has 1 N–H and O–H groups in total. The lowest BCUT2D eigenvalue weighted by molar-refractivity contribution is 0.316. The Hall–Kier alpha value is -0.870. The van der Waals surface area contributed by atoms with Gasteiger partial charge in [-0.15, -0.1) is 0 Å². The van der Waals surface area contributed by atoms with Crippen molar-refractivity contribution in [2.24, 2.45) is 5.92 Å². The molecule has 20 heavy (non-hydrogen) atoms. The summed E-state index contributed by atoms with van der Waals surface area (Å²) < 4.78 is 0. The van der Waals surface area contributed by atoms with Crippen molar-refractivity contribution in [3.63, 3.8) is 0 Å². The van der Waals surface area contributed by atoms with Crippen LogP contribution in [0.5, 0.6) is 0 Å². The minimum atomic E-state index is 0.297. The third-order valence-electron chi connectivity index (χ3n) is 4.18. The molecule has 1 saturated carbocycles. The van der Waals surface area contributed by atoms with Crippen LogP contribution in [0.2, 0.25) is 5.15 Å². The van der Waals surface area contributed by atoms with Gasteiger partial charge in [-0.2, -0.15) is 0 Å². The number of rotatable bonds is 5. The number of aromatic nitrogens is 2. The Bertz CT molecular complexity index is 473. The summed E-state index contributed by atoms with van der Waals surface area (Å²) in [7, 11) is 0. The molecule has 0 radical (unpaired) electrons. The van der Waals surface area contributed by atoms with E-state index in [1.807, 2.05) is 6.07 Å². The van der Waals surface area contributed by atoms with E-state index in [9.17, 15) is 0 Å². The zero-order valence-corrected chi connectivity index (χ0v) is 13.0. The van der Waals surface area contributed by atoms with Crippen LogP contribution in [0.4, 0.5) is 5.82 Å². The molecule has 1 aromatic rings. The molecule has 110 valence electrons. The van der Waals surface area contributed by atoms with Crippen molar-refractivity contribution in [3.05, 3.63) is 17.0 Å². The zero-order valence-electron chi connectivity index (χ0n) is 12.3. The highest BCUT2D eigenvalue weighted by molar-refractivity contribution is 6.29. The number of nitrogens with one attached hydrogen (secondary N) is 1. The molecule has 0 amide bonds. The third kappa shape index (κ3) is 3.41. The number of likely N-dealkylation sites (tertiary alicyclic amines) is 1. The molecule has 2 aliphatic rings. The lowest BCUT2D eigenvalue weighted by Gasteiger charge is -2.16. The molecule has 2 heterocycles. The Balaban J connectivity index is 1.55. The van der Waals surface area contributed by atoms with Crippen LogP contribution in [-0.2, 0) is 0 Å². The second kappa shape index (κ2) is 5.86. The first-order valence-corrected chi connectivity index (χ1v) is 8.02. The molecule has 1 aliphatic carbocycles. The van der Waals surface area contributed by atoms with Gasteiger partial charge in [-0.3, -0.25) is 0 Å². The summed E-state index contributed by atoms with van der Waals surface area (Å²) >= 11 is 6.06. The van der Waals surface area contributed by atoms with Crippen LogP contribution >= 0.6 is 11.6 Å². The minimum Gasteiger partial charge on any atom is -0.370 e. The summed E-state index contributed by atoms with van der Waals surface area (Å²) in [4.78, 5) is 11.4. The molecule has 5 heteroatoms. The van der Waals surface area contributed by atoms with Gasteiger partial charge in [0.1, 0.15) is 16.8 Å². The number of anilines is 1. The first-order chi connectivity index (χ1) is 9.61. The van der Waals surface area contributed by atoms with Crippen LogP contribution in [0, 0.1) is 5.92 Å². The first-order valence-electron chi connectivity index (χ1n) is 7.64. The van der Waals surface area contributed by atoms with Gasteiger partial charge in [-0.1, -0.05) is 25.4 Å². The number of hydrogen-bond donors (Lipinski definition) is 1. The van der Waals surface area contributed by atoms with Gasteiger partial charge in [0.15, 0.2) is 0 Å². The molecule has 0 aromatic carbocycles. The molecular formula is C15H23ClN4. The average molecular weight is 295 g/mol. The summed E-state index contributed by atoms with van der Waals surface area (Å²) in [5.74, 6) is 2.70. The van der Waals surface area contributed by atoms with Crippen molar-refractivity contribution < 1.29 is 0 Å². The van der Waals surface area contributed by atoms with Gasteiger partial charge >= 0.3 is 0 Å². The maximum atomic E-state index is 6.06. The predicted octanol–water partition coefficient (Wildman–Crippen LogP) is 3.15. The lowest BCUT2D eigenvalue weighted by atomic mass is 10.1. The van der Waals surface area contributed by atoms with Crippen molar-refractivity contribution in [2.75, 3.05) is 25.0 Å². The van der Waals surface area contributed by atoms with Crippen LogP contribution in [0.15, 0.2) is 6.07 Å². The standard InChI is InChI=1S/C15H23ClN4/c1-10(2)15-18-13(16)7-14(19-15)17-8-11-5-6-20(9-11)12-3-4-12/h7,10-12H,3-6,8-9H2,1-2H3,(H,17,18,19). The van der Waals surface area contributed by atoms with E-state index < -0.39 is 0 Å². The second-order valence-corrected chi connectivity index (χ2v) is 6.74. The molecule has 1 unspecified atom stereocenters. The summed E-state index contributed by atoms with van der Waals surface area (Å²) in [5, 5.41) is 3.97. The van der Waals surface area contributed by atoms with Gasteiger partial charge in [0.2, 0.25) is 0 Å². The summed E-state index contributed by atoms with van der Waals surface area (Å²) in [6.45, 7) is 7.64. The Labute approximate surface area is 125 Å². The number of halogens is 1. The molecule has 3 rings (SSSR count). The molecule has 4 nitrogen and oxygen atoms in total. The first kappa shape index (κ1) is 14.1. The Kier molecular flexibility index (Phi) is 4.13. The van der Waals surface area contributed by atoms with Crippen LogP contribution in [-0.4, -0.2) is 40.5 Å². The topological polar surface area (TPSA) is 41.1 Å². The maximum absolute atomic E-state index is 6.06. The SMILES string of the molecule is CC(C)c1nc(Cl)cc(NCC2CCN(C3CC3)C2)n1. The van der Waals surface area contributed by atoms with E-state index in [1.54, 1.807) is 0 Å². The number of nitrogens with zero attached hydrogens (tertiary/aromatic N) is 3. The van der Waals surface area contributed by atoms with E-state index in [2.05, 4.69) is 34.0 Å². The average Bonchev–Trinajstić information content (AvgIpc) is 3.15. The lowest BCUT2D eigenvalue weighted by Crippen LogP contribution is -2.25. The zero-order chi connectivity index (χ0) is 14.1. The fourth-order valence-corrected chi connectivity index (χ4v) is 3.02. The van der Waals surface area contributed by atoms with Crippen molar-refractivity contribution in [1.29, 1.82) is 0 Å². The third-order valence-corrected chi connectivity index (χ3v) is 4.37. The molecule has 0 spiro atoms. The fraction of sp³-hybridized carbons (Fsp3) is 0.733. The smallest absolute Gasteiger partial charge is 0.135 e. The Morgan fingerprint density at radius 1 is 1.35 bits per heavy atom. The molecule has 1 atom stereocenters. The van der Waals surface area contributed by atoms with Crippen LogP contribution in [0.3, 0.4) is 0 Å². The van der Waals surface area contributed by atoms with E-state index in [4.69, 9.17) is 11.6 Å². The van der Waals surface area contributed by atoms with Gasteiger partial charge in [0.05, 0.1) is 0 Å². The highest BCUT2D eigenvalue weighted by Gasteiger charge is 2.34. The van der Waals surface area contributed by atoms with Crippen LogP contribution in [0.1, 0.15) is 44.9 Å². The van der Waals surface area contributed by atoms with Gasteiger partial charge in [0.25, 0.3) is 0 Å². The molecule has 1 aromatic heterocycles. The highest BCUT2D eigenvalue weighted by Crippen LogP contribution is 2.31. The minimum absolute atomic E-state index is 0.297. The quantitative estimate of drug-likeness (QED) is 0.847. The van der Waals surface area contributed by atoms with Crippen LogP contribution in [0.25, 0.3) is 0 Å². The van der Waals surface area contributed by atoms with Crippen molar-refractivity contribution >= 4 is 17.4 Å². The summed E-state index contributed by atoms with van der Waals surface area (Å²) in [6.07, 6.45) is 4.10. The summed E-state index contributed by atoms with van der Waals surface area (Å²) in [5.41, 5.74) is 0. The molecular weight excluding hydrogens is 272 g/mol. The normalized spacial score (nSPS) is 23.5. The molecule has 0 bridgehead atoms. The largest absolute Gasteiger partial charge is 0.370 e. The molecule has 1 aliphatic heterocycles. The van der Waals surface area contributed by atoms with E-state index >= 15 is 0 Å². The van der Waals surface area contributed by atoms with Gasteiger partial charge in [-0.05, 0) is 31.7 Å². The summed E-state index contributed by atoms with van der Waals surface area (Å²) in [6, 6.07) is 2.71. The van der Waals surface area contributed by atoms with Crippen molar-refractivity contribution in [3.8, 4) is 0 Å². The van der Waals surface area contributed by atoms with E-state index in [-0.39, 0.29) is 0 Å². The maximum Gasteiger partial charge on any atom is 0.135 e. The molecule has 1 saturated heterocycles. The van der Waals surface area contributed by atoms with E-state index in [1.165, 1.54) is 32.4 Å². The van der Waals surface area contributed by atoms with Crippen LogP contribution < -0.4 is 5.32 Å². The number of hydrogen-bond acceptors (Lipinski definition) is 4. The monoisotopic (exact) mass is 294 g/mol. The van der Waals surface area contributed by atoms with Gasteiger partial charge < -0.3 is 10.2 Å². The second-order valence-electron chi connectivity index (χ2n) is 6.35. The Morgan fingerprint density at radius 2 is 2.15 bits per heavy atom. The fourth-order valence-electron chi connectivity index (χ4n) is 2.83. The molecule has 2 fully saturated rings.